The number of nitrogens with one attached hydrogen (secondary N) is 1. The molecule has 176 valence electrons. The van der Waals surface area contributed by atoms with Crippen molar-refractivity contribution in [2.75, 3.05) is 18.4 Å². The highest BCUT2D eigenvalue weighted by Crippen LogP contribution is 2.24. The summed E-state index contributed by atoms with van der Waals surface area (Å²) in [6.07, 6.45) is 0.896. The van der Waals surface area contributed by atoms with Gasteiger partial charge in [-0.05, 0) is 49.2 Å². The topological polar surface area (TPSA) is 106 Å². The summed E-state index contributed by atoms with van der Waals surface area (Å²) in [5, 5.41) is 3.22. The van der Waals surface area contributed by atoms with Crippen LogP contribution in [-0.2, 0) is 20.9 Å². The number of likely N-dealkylation sites (tertiary alicyclic amines) is 1. The number of amides is 2. The number of halogens is 1. The number of ether oxygens (including phenoxy) is 1. The number of fused-ring (bicyclic) bond motifs is 1. The van der Waals surface area contributed by atoms with Crippen molar-refractivity contribution in [2.45, 2.75) is 26.4 Å². The van der Waals surface area contributed by atoms with Gasteiger partial charge >= 0.3 is 11.6 Å². The largest absolute Gasteiger partial charge is 0.461 e. The molecule has 2 aromatic carbocycles. The normalized spacial score (nSPS) is 14.1. The van der Waals surface area contributed by atoms with Crippen molar-refractivity contribution in [3.05, 3.63) is 75.9 Å². The molecule has 8 nitrogen and oxygen atoms in total. The lowest BCUT2D eigenvalue weighted by Crippen LogP contribution is -2.40. The summed E-state index contributed by atoms with van der Waals surface area (Å²) >= 11 is 0. The van der Waals surface area contributed by atoms with Crippen LogP contribution in [0.5, 0.6) is 0 Å². The second-order valence-electron chi connectivity index (χ2n) is 8.16. The summed E-state index contributed by atoms with van der Waals surface area (Å²) in [7, 11) is 0. The molecule has 1 saturated heterocycles. The van der Waals surface area contributed by atoms with E-state index in [0.717, 1.165) is 0 Å². The number of anilines is 1. The summed E-state index contributed by atoms with van der Waals surface area (Å²) in [5.41, 5.74) is 1.07. The molecule has 1 N–H and O–H groups in total. The van der Waals surface area contributed by atoms with Crippen molar-refractivity contribution in [1.29, 1.82) is 0 Å². The smallest absolute Gasteiger partial charge is 0.336 e. The van der Waals surface area contributed by atoms with Crippen LogP contribution in [0.3, 0.4) is 0 Å². The molecule has 1 aliphatic rings. The predicted octanol–water partition coefficient (Wildman–Crippen LogP) is 3.49. The molecular formula is C25H23FN2O6. The van der Waals surface area contributed by atoms with E-state index in [2.05, 4.69) is 5.32 Å². The van der Waals surface area contributed by atoms with E-state index < -0.39 is 17.4 Å². The number of esters is 1. The lowest BCUT2D eigenvalue weighted by atomic mass is 9.96. The summed E-state index contributed by atoms with van der Waals surface area (Å²) in [6.45, 7) is 2.05. The molecule has 0 aliphatic carbocycles. The molecule has 4 rings (SSSR count). The van der Waals surface area contributed by atoms with E-state index in [1.807, 2.05) is 0 Å². The zero-order valence-corrected chi connectivity index (χ0v) is 18.5. The fourth-order valence-electron chi connectivity index (χ4n) is 3.99. The van der Waals surface area contributed by atoms with Crippen LogP contribution in [0.25, 0.3) is 11.0 Å². The number of carbonyl (C=O) groups excluding carboxylic acids is 3. The Balaban J connectivity index is 1.37. The summed E-state index contributed by atoms with van der Waals surface area (Å²) in [4.78, 5) is 50.1. The highest BCUT2D eigenvalue weighted by molar-refractivity contribution is 5.94. The number of piperidine rings is 1. The minimum absolute atomic E-state index is 0.102. The van der Waals surface area contributed by atoms with Crippen LogP contribution in [0, 0.1) is 11.7 Å². The highest BCUT2D eigenvalue weighted by atomic mass is 19.1. The molecule has 0 unspecified atom stereocenters. The van der Waals surface area contributed by atoms with Crippen LogP contribution < -0.4 is 10.9 Å². The van der Waals surface area contributed by atoms with Crippen molar-refractivity contribution < 1.29 is 27.9 Å². The first-order valence-electron chi connectivity index (χ1n) is 10.9. The minimum atomic E-state index is -0.592. The van der Waals surface area contributed by atoms with E-state index >= 15 is 0 Å². The maximum absolute atomic E-state index is 13.1. The Morgan fingerprint density at radius 3 is 2.47 bits per heavy atom. The van der Waals surface area contributed by atoms with Gasteiger partial charge in [-0.15, -0.1) is 0 Å². The summed E-state index contributed by atoms with van der Waals surface area (Å²) in [6, 6.07) is 11.5. The number of nitrogens with zero attached hydrogens (tertiary/aromatic N) is 1. The summed E-state index contributed by atoms with van der Waals surface area (Å²) in [5.74, 6) is -1.62. The molecule has 0 radical (unpaired) electrons. The fraction of sp³-hybridized carbons (Fsp3) is 0.280. The molecule has 2 amide bonds. The molecular weight excluding hydrogens is 443 g/mol. The van der Waals surface area contributed by atoms with E-state index in [9.17, 15) is 23.6 Å². The molecule has 0 spiro atoms. The maximum Gasteiger partial charge on any atom is 0.336 e. The van der Waals surface area contributed by atoms with Crippen LogP contribution >= 0.6 is 0 Å². The molecule has 34 heavy (non-hydrogen) atoms. The Labute approximate surface area is 194 Å². The monoisotopic (exact) mass is 466 g/mol. The van der Waals surface area contributed by atoms with Gasteiger partial charge in [-0.1, -0.05) is 0 Å². The van der Waals surface area contributed by atoms with Gasteiger partial charge in [0.05, 0.1) is 5.92 Å². The Kier molecular flexibility index (Phi) is 6.72. The number of carbonyl (C=O) groups is 3. The van der Waals surface area contributed by atoms with Gasteiger partial charge < -0.3 is 19.4 Å². The first kappa shape index (κ1) is 23.2. The van der Waals surface area contributed by atoms with Crippen molar-refractivity contribution >= 4 is 34.4 Å². The van der Waals surface area contributed by atoms with Gasteiger partial charge in [0.15, 0.2) is 0 Å². The average Bonchev–Trinajstić information content (AvgIpc) is 2.81. The van der Waals surface area contributed by atoms with E-state index in [4.69, 9.17) is 9.15 Å². The van der Waals surface area contributed by atoms with Gasteiger partial charge in [0.25, 0.3) is 5.91 Å². The molecule has 0 bridgehead atoms. The Hall–Kier alpha value is -4.01. The average molecular weight is 466 g/mol. The first-order valence-corrected chi connectivity index (χ1v) is 10.9. The number of rotatable bonds is 5. The number of hydrogen-bond acceptors (Lipinski definition) is 6. The van der Waals surface area contributed by atoms with Crippen LogP contribution in [0.4, 0.5) is 10.1 Å². The molecule has 1 fully saturated rings. The van der Waals surface area contributed by atoms with Crippen LogP contribution in [0.2, 0.25) is 0 Å². The first-order chi connectivity index (χ1) is 16.3. The lowest BCUT2D eigenvalue weighted by Gasteiger charge is -2.31. The van der Waals surface area contributed by atoms with Crippen molar-refractivity contribution in [1.82, 2.24) is 4.90 Å². The van der Waals surface area contributed by atoms with E-state index in [0.29, 0.717) is 48.1 Å². The third-order valence-electron chi connectivity index (χ3n) is 5.73. The van der Waals surface area contributed by atoms with Gasteiger partial charge in [-0.25, -0.2) is 9.18 Å². The molecule has 1 aromatic heterocycles. The molecule has 9 heteroatoms. The van der Waals surface area contributed by atoms with E-state index in [1.54, 1.807) is 17.0 Å². The molecule has 3 aromatic rings. The molecule has 1 aliphatic heterocycles. The van der Waals surface area contributed by atoms with Gasteiger partial charge in [0.2, 0.25) is 5.91 Å². The Bertz CT molecular complexity index is 1290. The highest BCUT2D eigenvalue weighted by Gasteiger charge is 2.29. The Morgan fingerprint density at radius 1 is 1.09 bits per heavy atom. The second kappa shape index (κ2) is 9.86. The maximum atomic E-state index is 13.1. The van der Waals surface area contributed by atoms with Crippen LogP contribution in [0.1, 0.15) is 35.7 Å². The molecule has 0 saturated carbocycles. The Morgan fingerprint density at radius 2 is 1.79 bits per heavy atom. The van der Waals surface area contributed by atoms with E-state index in [1.165, 1.54) is 43.3 Å². The lowest BCUT2D eigenvalue weighted by molar-refractivity contribution is -0.151. The van der Waals surface area contributed by atoms with Crippen LogP contribution in [0.15, 0.2) is 57.7 Å². The third-order valence-corrected chi connectivity index (χ3v) is 5.73. The third kappa shape index (κ3) is 5.31. The van der Waals surface area contributed by atoms with Crippen molar-refractivity contribution in [3.63, 3.8) is 0 Å². The van der Waals surface area contributed by atoms with Gasteiger partial charge in [-0.2, -0.15) is 0 Å². The minimum Gasteiger partial charge on any atom is -0.461 e. The number of benzene rings is 2. The van der Waals surface area contributed by atoms with E-state index in [-0.39, 0.29) is 29.9 Å². The van der Waals surface area contributed by atoms with Gasteiger partial charge in [-0.3, -0.25) is 14.4 Å². The standard InChI is InChI=1S/C25H23FN2O6/c1-15(29)27-20-6-7-21-18(12-23(30)34-22(21)13-20)14-33-25(32)17-8-10-28(11-9-17)24(31)16-2-4-19(26)5-3-16/h2-7,12-13,17H,8-11,14H2,1H3,(H,27,29). The van der Waals surface area contributed by atoms with Crippen LogP contribution in [-0.4, -0.2) is 35.8 Å². The fourth-order valence-corrected chi connectivity index (χ4v) is 3.99. The zero-order valence-electron chi connectivity index (χ0n) is 18.5. The predicted molar refractivity (Wildman–Crippen MR) is 122 cm³/mol. The summed E-state index contributed by atoms with van der Waals surface area (Å²) < 4.78 is 23.8. The molecule has 0 atom stereocenters. The zero-order chi connectivity index (χ0) is 24.2. The SMILES string of the molecule is CC(=O)Nc1ccc2c(COC(=O)C3CCN(C(=O)c4ccc(F)cc4)CC3)cc(=O)oc2c1. The van der Waals surface area contributed by atoms with Gasteiger partial charge in [0, 0.05) is 54.3 Å². The van der Waals surface area contributed by atoms with Crippen molar-refractivity contribution in [2.24, 2.45) is 5.92 Å². The second-order valence-corrected chi connectivity index (χ2v) is 8.16. The quantitative estimate of drug-likeness (QED) is 0.456. The molecule has 2 heterocycles. The van der Waals surface area contributed by atoms with Gasteiger partial charge in [0.1, 0.15) is 18.0 Å². The number of hydrogen-bond donors (Lipinski definition) is 1. The van der Waals surface area contributed by atoms with Crippen molar-refractivity contribution in [3.8, 4) is 0 Å².